The predicted octanol–water partition coefficient (Wildman–Crippen LogP) is 3.26. The number of aliphatic carboxylic acids is 1. The van der Waals surface area contributed by atoms with E-state index in [4.69, 9.17) is 28.3 Å². The van der Waals surface area contributed by atoms with Crippen LogP contribution in [0.25, 0.3) is 5.69 Å². The van der Waals surface area contributed by atoms with Crippen molar-refractivity contribution in [1.29, 1.82) is 0 Å². The summed E-state index contributed by atoms with van der Waals surface area (Å²) >= 11 is 12.4. The standard InChI is InChI=1S/C17H18Cl2N4O3/c1-9-20-15(22-23(9)14-12(18)3-2-4-13(14)19)16(24)21-11-7-5-10(6-8-11)17(25)26/h2-4,10-11H,5-8H2,1H3,(H,21,24)(H,25,26). The number of nitrogens with one attached hydrogen (secondary N) is 1. The molecule has 0 bridgehead atoms. The lowest BCUT2D eigenvalue weighted by atomic mass is 9.86. The number of para-hydroxylation sites is 1. The van der Waals surface area contributed by atoms with Gasteiger partial charge >= 0.3 is 5.97 Å². The normalized spacial score (nSPS) is 20.0. The van der Waals surface area contributed by atoms with Crippen LogP contribution in [0.5, 0.6) is 0 Å². The summed E-state index contributed by atoms with van der Waals surface area (Å²) < 4.78 is 1.45. The van der Waals surface area contributed by atoms with Crippen molar-refractivity contribution in [3.05, 3.63) is 39.9 Å². The first-order chi connectivity index (χ1) is 12.4. The second kappa shape index (κ2) is 7.63. The second-order valence-corrected chi connectivity index (χ2v) is 7.14. The number of carboxylic acids is 1. The van der Waals surface area contributed by atoms with Gasteiger partial charge in [0.15, 0.2) is 0 Å². The first-order valence-corrected chi connectivity index (χ1v) is 9.04. The van der Waals surface area contributed by atoms with Gasteiger partial charge < -0.3 is 10.4 Å². The summed E-state index contributed by atoms with van der Waals surface area (Å²) in [4.78, 5) is 27.7. The van der Waals surface area contributed by atoms with Crippen molar-refractivity contribution in [2.45, 2.75) is 38.6 Å². The third-order valence-electron chi connectivity index (χ3n) is 4.53. The van der Waals surface area contributed by atoms with E-state index in [1.807, 2.05) is 0 Å². The topological polar surface area (TPSA) is 97.1 Å². The summed E-state index contributed by atoms with van der Waals surface area (Å²) in [6.45, 7) is 1.71. The number of nitrogens with zero attached hydrogens (tertiary/aromatic N) is 3. The molecule has 2 N–H and O–H groups in total. The van der Waals surface area contributed by atoms with Crippen LogP contribution in [0, 0.1) is 12.8 Å². The summed E-state index contributed by atoms with van der Waals surface area (Å²) in [5.74, 6) is -0.986. The number of benzene rings is 1. The van der Waals surface area contributed by atoms with E-state index in [1.165, 1.54) is 4.68 Å². The van der Waals surface area contributed by atoms with Crippen LogP contribution in [0.1, 0.15) is 42.1 Å². The van der Waals surface area contributed by atoms with Gasteiger partial charge in [0, 0.05) is 6.04 Å². The minimum absolute atomic E-state index is 0.0267. The van der Waals surface area contributed by atoms with Crippen LogP contribution in [0.15, 0.2) is 18.2 Å². The molecule has 138 valence electrons. The van der Waals surface area contributed by atoms with Gasteiger partial charge in [0.2, 0.25) is 5.82 Å². The van der Waals surface area contributed by atoms with Gasteiger partial charge in [-0.15, -0.1) is 5.10 Å². The second-order valence-electron chi connectivity index (χ2n) is 6.32. The van der Waals surface area contributed by atoms with Gasteiger partial charge in [-0.25, -0.2) is 9.67 Å². The van der Waals surface area contributed by atoms with E-state index >= 15 is 0 Å². The Bertz CT molecular complexity index is 824. The summed E-state index contributed by atoms with van der Waals surface area (Å²) in [7, 11) is 0. The van der Waals surface area contributed by atoms with Crippen molar-refractivity contribution < 1.29 is 14.7 Å². The molecule has 0 saturated heterocycles. The highest BCUT2D eigenvalue weighted by Crippen LogP contribution is 2.28. The molecule has 1 aliphatic rings. The Balaban J connectivity index is 1.73. The van der Waals surface area contributed by atoms with Gasteiger partial charge in [0.05, 0.1) is 16.0 Å². The zero-order valence-electron chi connectivity index (χ0n) is 14.1. The van der Waals surface area contributed by atoms with E-state index in [9.17, 15) is 9.59 Å². The molecule has 1 aliphatic carbocycles. The van der Waals surface area contributed by atoms with Crippen molar-refractivity contribution in [2.24, 2.45) is 5.92 Å². The molecule has 1 saturated carbocycles. The number of hydrogen-bond acceptors (Lipinski definition) is 4. The Morgan fingerprint density at radius 1 is 1.19 bits per heavy atom. The zero-order chi connectivity index (χ0) is 18.8. The lowest BCUT2D eigenvalue weighted by molar-refractivity contribution is -0.142. The minimum atomic E-state index is -0.776. The van der Waals surface area contributed by atoms with Gasteiger partial charge in [-0.2, -0.15) is 0 Å². The summed E-state index contributed by atoms with van der Waals surface area (Å²) in [6, 6.07) is 5.02. The zero-order valence-corrected chi connectivity index (χ0v) is 15.6. The Morgan fingerprint density at radius 3 is 2.38 bits per heavy atom. The molecule has 0 spiro atoms. The maximum Gasteiger partial charge on any atom is 0.306 e. The molecule has 0 unspecified atom stereocenters. The molecule has 0 aliphatic heterocycles. The number of carbonyl (C=O) groups excluding carboxylic acids is 1. The van der Waals surface area contributed by atoms with E-state index in [1.54, 1.807) is 25.1 Å². The van der Waals surface area contributed by atoms with E-state index in [0.717, 1.165) is 0 Å². The third kappa shape index (κ3) is 3.83. The molecule has 26 heavy (non-hydrogen) atoms. The molecule has 1 aromatic heterocycles. The van der Waals surface area contributed by atoms with Gasteiger partial charge in [-0.05, 0) is 44.7 Å². The Labute approximate surface area is 160 Å². The number of aromatic nitrogens is 3. The molecule has 1 aromatic carbocycles. The maximum absolute atomic E-state index is 12.5. The molecule has 1 fully saturated rings. The molecule has 0 atom stereocenters. The fourth-order valence-corrected chi connectivity index (χ4v) is 3.68. The van der Waals surface area contributed by atoms with Gasteiger partial charge in [-0.1, -0.05) is 29.3 Å². The van der Waals surface area contributed by atoms with Crippen molar-refractivity contribution in [3.63, 3.8) is 0 Å². The molecule has 2 aromatic rings. The van der Waals surface area contributed by atoms with Crippen molar-refractivity contribution >= 4 is 35.1 Å². The molecule has 0 radical (unpaired) electrons. The van der Waals surface area contributed by atoms with Crippen molar-refractivity contribution in [1.82, 2.24) is 20.1 Å². The largest absolute Gasteiger partial charge is 0.481 e. The number of carboxylic acid groups (broad SMARTS) is 1. The molecule has 3 rings (SSSR count). The van der Waals surface area contributed by atoms with Crippen LogP contribution >= 0.6 is 23.2 Å². The van der Waals surface area contributed by atoms with Crippen LogP contribution in [0.2, 0.25) is 10.0 Å². The summed E-state index contributed by atoms with van der Waals surface area (Å²) in [6.07, 6.45) is 2.35. The number of rotatable bonds is 4. The SMILES string of the molecule is Cc1nc(C(=O)NC2CCC(C(=O)O)CC2)nn1-c1c(Cl)cccc1Cl. The number of aryl methyl sites for hydroxylation is 1. The molecular weight excluding hydrogens is 379 g/mol. The number of halogens is 2. The van der Waals surface area contributed by atoms with E-state index in [-0.39, 0.29) is 17.8 Å². The molecule has 9 heteroatoms. The highest BCUT2D eigenvalue weighted by Gasteiger charge is 2.28. The fourth-order valence-electron chi connectivity index (χ4n) is 3.12. The average molecular weight is 397 g/mol. The van der Waals surface area contributed by atoms with Crippen LogP contribution < -0.4 is 5.32 Å². The van der Waals surface area contributed by atoms with Crippen LogP contribution in [0.4, 0.5) is 0 Å². The third-order valence-corrected chi connectivity index (χ3v) is 5.14. The summed E-state index contributed by atoms with van der Waals surface area (Å²) in [5, 5.41) is 17.0. The fraction of sp³-hybridized carbons (Fsp3) is 0.412. The highest BCUT2D eigenvalue weighted by molar-refractivity contribution is 6.37. The lowest BCUT2D eigenvalue weighted by Gasteiger charge is -2.26. The average Bonchev–Trinajstić information content (AvgIpc) is 2.97. The number of amides is 1. The smallest absolute Gasteiger partial charge is 0.306 e. The Hall–Kier alpha value is -2.12. The highest BCUT2D eigenvalue weighted by atomic mass is 35.5. The van der Waals surface area contributed by atoms with E-state index in [2.05, 4.69) is 15.4 Å². The summed E-state index contributed by atoms with van der Waals surface area (Å²) in [5.41, 5.74) is 0.474. The van der Waals surface area contributed by atoms with Crippen LogP contribution in [-0.4, -0.2) is 37.8 Å². The molecule has 1 amide bonds. The van der Waals surface area contributed by atoms with Gasteiger partial charge in [-0.3, -0.25) is 9.59 Å². The van der Waals surface area contributed by atoms with Crippen molar-refractivity contribution in [2.75, 3.05) is 0 Å². The number of carbonyl (C=O) groups is 2. The molecule has 7 nitrogen and oxygen atoms in total. The first-order valence-electron chi connectivity index (χ1n) is 8.28. The van der Waals surface area contributed by atoms with Gasteiger partial charge in [0.25, 0.3) is 5.91 Å². The number of hydrogen-bond donors (Lipinski definition) is 2. The lowest BCUT2D eigenvalue weighted by Crippen LogP contribution is -2.39. The molecular formula is C17H18Cl2N4O3. The minimum Gasteiger partial charge on any atom is -0.481 e. The molecule has 1 heterocycles. The quantitative estimate of drug-likeness (QED) is 0.826. The van der Waals surface area contributed by atoms with Crippen LogP contribution in [-0.2, 0) is 4.79 Å². The Morgan fingerprint density at radius 2 is 1.81 bits per heavy atom. The monoisotopic (exact) mass is 396 g/mol. The van der Waals surface area contributed by atoms with Crippen molar-refractivity contribution in [3.8, 4) is 5.69 Å². The van der Waals surface area contributed by atoms with Gasteiger partial charge in [0.1, 0.15) is 11.5 Å². The first kappa shape index (κ1) is 18.7. The maximum atomic E-state index is 12.5. The van der Waals surface area contributed by atoms with Crippen LogP contribution in [0.3, 0.4) is 0 Å². The van der Waals surface area contributed by atoms with E-state index in [0.29, 0.717) is 47.2 Å². The van der Waals surface area contributed by atoms with E-state index < -0.39 is 11.9 Å². The predicted molar refractivity (Wildman–Crippen MR) is 97.0 cm³/mol. The Kier molecular flexibility index (Phi) is 5.48.